The van der Waals surface area contributed by atoms with Gasteiger partial charge in [-0.1, -0.05) is 20.8 Å². The average molecular weight is 457 g/mol. The number of nitrogens with zero attached hydrogens (tertiary/aromatic N) is 2. The van der Waals surface area contributed by atoms with E-state index in [0.29, 0.717) is 18.9 Å². The van der Waals surface area contributed by atoms with Crippen LogP contribution in [0.5, 0.6) is 0 Å². The number of hydrogen-bond acceptors (Lipinski definition) is 5. The van der Waals surface area contributed by atoms with Gasteiger partial charge in [0.2, 0.25) is 0 Å². The second-order valence-corrected chi connectivity index (χ2v) is 9.16. The van der Waals surface area contributed by atoms with Crippen LogP contribution in [0.25, 0.3) is 0 Å². The van der Waals surface area contributed by atoms with E-state index < -0.39 is 22.2 Å². The second-order valence-electron chi connectivity index (χ2n) is 9.16. The van der Waals surface area contributed by atoms with Crippen LogP contribution in [0.3, 0.4) is 0 Å². The molecule has 0 unspecified atom stereocenters. The average Bonchev–Trinajstić information content (AvgIpc) is 3.06. The first-order valence-corrected chi connectivity index (χ1v) is 12.3. The fourth-order valence-corrected chi connectivity index (χ4v) is 5.02. The second kappa shape index (κ2) is 11.1. The molecule has 0 saturated heterocycles. The fraction of sp³-hybridized carbons (Fsp3) is 0.615. The first-order valence-electron chi connectivity index (χ1n) is 12.3. The zero-order valence-corrected chi connectivity index (χ0v) is 20.2. The number of rotatable bonds is 3. The van der Waals surface area contributed by atoms with Gasteiger partial charge in [0.05, 0.1) is 22.6 Å². The summed E-state index contributed by atoms with van der Waals surface area (Å²) < 4.78 is 8.57. The van der Waals surface area contributed by atoms with Crippen LogP contribution in [-0.4, -0.2) is 21.3 Å². The maximum Gasteiger partial charge on any atom is 0.261 e. The van der Waals surface area contributed by atoms with Crippen molar-refractivity contribution in [2.24, 2.45) is 13.0 Å². The summed E-state index contributed by atoms with van der Waals surface area (Å²) in [5, 5.41) is 0.288. The summed E-state index contributed by atoms with van der Waals surface area (Å²) in [6, 6.07) is 4.97. The van der Waals surface area contributed by atoms with Crippen molar-refractivity contribution in [1.29, 1.82) is 0 Å². The lowest BCUT2D eigenvalue weighted by Crippen LogP contribution is -2.37. The third-order valence-corrected chi connectivity index (χ3v) is 6.98. The van der Waals surface area contributed by atoms with E-state index in [1.54, 1.807) is 0 Å². The molecule has 0 bridgehead atoms. The van der Waals surface area contributed by atoms with Crippen molar-refractivity contribution >= 4 is 0 Å². The summed E-state index contributed by atoms with van der Waals surface area (Å²) in [6.45, 7) is 6.29. The van der Waals surface area contributed by atoms with Gasteiger partial charge < -0.3 is 4.74 Å². The maximum atomic E-state index is 12.8. The van der Waals surface area contributed by atoms with Crippen LogP contribution in [0.2, 0.25) is 0 Å². The highest BCUT2D eigenvalue weighted by atomic mass is 16.5. The molecule has 7 nitrogen and oxygen atoms in total. The number of ether oxygens (including phenoxy) is 1. The molecule has 0 amide bonds. The van der Waals surface area contributed by atoms with Crippen LogP contribution in [0.15, 0.2) is 43.4 Å². The van der Waals surface area contributed by atoms with Gasteiger partial charge in [0, 0.05) is 25.2 Å². The molecule has 0 N–H and O–H groups in total. The van der Waals surface area contributed by atoms with E-state index in [2.05, 4.69) is 6.92 Å². The highest BCUT2D eigenvalue weighted by Crippen LogP contribution is 2.32. The Kier molecular flexibility index (Phi) is 8.40. The fourth-order valence-electron chi connectivity index (χ4n) is 5.02. The van der Waals surface area contributed by atoms with E-state index in [9.17, 15) is 19.2 Å². The predicted octanol–water partition coefficient (Wildman–Crippen LogP) is 3.10. The molecule has 2 fully saturated rings. The van der Waals surface area contributed by atoms with Crippen molar-refractivity contribution in [3.05, 3.63) is 76.1 Å². The summed E-state index contributed by atoms with van der Waals surface area (Å²) in [7, 11) is 1.38. The van der Waals surface area contributed by atoms with Crippen LogP contribution in [-0.2, 0) is 11.8 Å². The summed E-state index contributed by atoms with van der Waals surface area (Å²) in [5.41, 5.74) is -1.85. The maximum absolute atomic E-state index is 12.8. The van der Waals surface area contributed by atoms with Crippen molar-refractivity contribution < 1.29 is 4.74 Å². The van der Waals surface area contributed by atoms with Crippen molar-refractivity contribution in [1.82, 2.24) is 9.13 Å². The zero-order valence-electron chi connectivity index (χ0n) is 20.2. The Morgan fingerprint density at radius 1 is 0.697 bits per heavy atom. The molecule has 0 spiro atoms. The van der Waals surface area contributed by atoms with E-state index in [1.807, 2.05) is 13.8 Å². The summed E-state index contributed by atoms with van der Waals surface area (Å²) in [4.78, 5) is 50.2. The van der Waals surface area contributed by atoms with Crippen molar-refractivity contribution in [3.63, 3.8) is 0 Å². The van der Waals surface area contributed by atoms with E-state index in [4.69, 9.17) is 4.74 Å². The molecule has 2 aliphatic carbocycles. The van der Waals surface area contributed by atoms with E-state index >= 15 is 0 Å². The topological polar surface area (TPSA) is 87.4 Å². The minimum Gasteiger partial charge on any atom is -0.375 e. The number of aromatic nitrogens is 2. The largest absolute Gasteiger partial charge is 0.375 e. The van der Waals surface area contributed by atoms with Crippen LogP contribution in [0.4, 0.5) is 0 Å². The van der Waals surface area contributed by atoms with E-state index in [1.165, 1.54) is 48.7 Å². The highest BCUT2D eigenvalue weighted by Gasteiger charge is 2.27. The molecule has 7 heteroatoms. The SMILES string of the molecule is CC.CC1CCC(OC2CCC(n3c(=O)ccc4c(=O)n(C)c(=O)c=4ccc3=O)CC2)CC1. The summed E-state index contributed by atoms with van der Waals surface area (Å²) in [6.07, 6.45) is 8.20. The Hall–Kier alpha value is -2.54. The molecule has 4 rings (SSSR count). The van der Waals surface area contributed by atoms with E-state index in [-0.39, 0.29) is 22.6 Å². The predicted molar refractivity (Wildman–Crippen MR) is 129 cm³/mol. The Labute approximate surface area is 193 Å². The molecule has 2 aliphatic heterocycles. The molecule has 4 aliphatic rings. The van der Waals surface area contributed by atoms with Crippen molar-refractivity contribution in [2.75, 3.05) is 0 Å². The summed E-state index contributed by atoms with van der Waals surface area (Å²) >= 11 is 0. The summed E-state index contributed by atoms with van der Waals surface area (Å²) in [5.74, 6) is 0.784. The van der Waals surface area contributed by atoms with Gasteiger partial charge in [0.1, 0.15) is 0 Å². The molecule has 0 aromatic heterocycles. The lowest BCUT2D eigenvalue weighted by Gasteiger charge is -2.34. The van der Waals surface area contributed by atoms with Gasteiger partial charge in [0.25, 0.3) is 22.2 Å². The smallest absolute Gasteiger partial charge is 0.261 e. The molecule has 33 heavy (non-hydrogen) atoms. The minimum absolute atomic E-state index is 0.144. The van der Waals surface area contributed by atoms with Crippen molar-refractivity contribution in [3.8, 4) is 0 Å². The monoisotopic (exact) mass is 456 g/mol. The first kappa shape index (κ1) is 25.1. The van der Waals surface area contributed by atoms with E-state index in [0.717, 1.165) is 36.2 Å². The van der Waals surface area contributed by atoms with Crippen LogP contribution < -0.4 is 22.2 Å². The van der Waals surface area contributed by atoms with Gasteiger partial charge in [0.15, 0.2) is 0 Å². The first-order chi connectivity index (χ1) is 15.8. The highest BCUT2D eigenvalue weighted by molar-refractivity contribution is 5.11. The third kappa shape index (κ3) is 5.52. The van der Waals surface area contributed by atoms with Crippen molar-refractivity contribution in [2.45, 2.75) is 90.4 Å². The minimum atomic E-state index is -0.468. The van der Waals surface area contributed by atoms with Gasteiger partial charge in [-0.05, 0) is 69.4 Å². The van der Waals surface area contributed by atoms with Gasteiger partial charge >= 0.3 is 0 Å². The van der Waals surface area contributed by atoms with Crippen LogP contribution in [0.1, 0.15) is 78.2 Å². The molecule has 0 radical (unpaired) electrons. The van der Waals surface area contributed by atoms with Crippen LogP contribution in [0, 0.1) is 16.4 Å². The Bertz CT molecular complexity index is 1180. The Morgan fingerprint density at radius 3 is 1.58 bits per heavy atom. The molecule has 0 atom stereocenters. The molecular weight excluding hydrogens is 420 g/mol. The van der Waals surface area contributed by atoms with Gasteiger partial charge in [-0.2, -0.15) is 0 Å². The standard InChI is InChI=1S/C24H30N2O5.C2H6/c1-15-3-7-17(8-4-15)31-18-9-5-16(6-10-18)26-21(27)13-11-19-20(12-14-22(26)28)24(30)25(2)23(19)29;1-2/h11-18H,3-10H2,1-2H3;1-2H3. The van der Waals surface area contributed by atoms with Gasteiger partial charge in [-0.3, -0.25) is 28.3 Å². The van der Waals surface area contributed by atoms with Gasteiger partial charge in [-0.25, -0.2) is 0 Å². The third-order valence-electron chi connectivity index (χ3n) is 6.98. The normalized spacial score (nSPS) is 25.2. The Morgan fingerprint density at radius 2 is 1.12 bits per heavy atom. The Balaban J connectivity index is 0.00000149. The molecule has 2 saturated carbocycles. The number of hydrogen-bond donors (Lipinski definition) is 0. The quantitative estimate of drug-likeness (QED) is 0.708. The molecule has 0 aromatic rings. The molecule has 0 aromatic carbocycles. The van der Waals surface area contributed by atoms with Crippen LogP contribution >= 0.6 is 0 Å². The van der Waals surface area contributed by atoms with Gasteiger partial charge in [-0.15, -0.1) is 0 Å². The zero-order chi connectivity index (χ0) is 24.1. The molecule has 180 valence electrons. The lowest BCUT2D eigenvalue weighted by atomic mass is 9.88. The molecular formula is C26H36N2O5. The lowest BCUT2D eigenvalue weighted by molar-refractivity contribution is -0.0548. The molecule has 2 heterocycles.